The molecule has 1 aromatic carbocycles. The Morgan fingerprint density at radius 3 is 2.61 bits per heavy atom. The number of methoxy groups -OCH3 is 1. The van der Waals surface area contributed by atoms with Crippen LogP contribution in [-0.4, -0.2) is 19.1 Å². The van der Waals surface area contributed by atoms with E-state index in [4.69, 9.17) is 4.74 Å². The number of carbonyl (C=O) groups is 1. The zero-order chi connectivity index (χ0) is 13.1. The Labute approximate surface area is 109 Å². The van der Waals surface area contributed by atoms with Crippen LogP contribution in [0.4, 0.5) is 0 Å². The summed E-state index contributed by atoms with van der Waals surface area (Å²) >= 11 is 0. The van der Waals surface area contributed by atoms with Crippen LogP contribution in [0.3, 0.4) is 0 Å². The van der Waals surface area contributed by atoms with Crippen molar-refractivity contribution < 1.29 is 9.53 Å². The molecule has 0 unspecified atom stereocenters. The molecule has 3 nitrogen and oxygen atoms in total. The van der Waals surface area contributed by atoms with Crippen molar-refractivity contribution in [1.82, 2.24) is 5.32 Å². The summed E-state index contributed by atoms with van der Waals surface area (Å²) in [4.78, 5) is 12.1. The molecule has 18 heavy (non-hydrogen) atoms. The van der Waals surface area contributed by atoms with E-state index in [1.165, 1.54) is 6.42 Å². The molecule has 1 saturated carbocycles. The maximum atomic E-state index is 12.1. The van der Waals surface area contributed by atoms with Gasteiger partial charge in [-0.3, -0.25) is 4.79 Å². The lowest BCUT2D eigenvalue weighted by molar-refractivity contribution is 0.0917. The Morgan fingerprint density at radius 1 is 1.39 bits per heavy atom. The van der Waals surface area contributed by atoms with E-state index in [9.17, 15) is 4.79 Å². The molecule has 0 saturated heterocycles. The Morgan fingerprint density at radius 2 is 2.11 bits per heavy atom. The highest BCUT2D eigenvalue weighted by molar-refractivity contribution is 5.94. The summed E-state index contributed by atoms with van der Waals surface area (Å²) < 4.78 is 5.32. The third-order valence-corrected chi connectivity index (χ3v) is 3.55. The molecule has 1 fully saturated rings. The molecule has 2 rings (SSSR count). The molecular weight excluding hydrogens is 226 g/mol. The smallest absolute Gasteiger partial charge is 0.251 e. The van der Waals surface area contributed by atoms with Crippen LogP contribution in [0, 0.1) is 0 Å². The first-order valence-electron chi connectivity index (χ1n) is 6.60. The van der Waals surface area contributed by atoms with Gasteiger partial charge in [-0.15, -0.1) is 0 Å². The van der Waals surface area contributed by atoms with E-state index in [-0.39, 0.29) is 5.91 Å². The molecule has 0 heterocycles. The number of hydrogen-bond donors (Lipinski definition) is 1. The third-order valence-electron chi connectivity index (χ3n) is 3.55. The summed E-state index contributed by atoms with van der Waals surface area (Å²) in [5.74, 6) is 1.23. The zero-order valence-electron chi connectivity index (χ0n) is 11.3. The van der Waals surface area contributed by atoms with E-state index < -0.39 is 0 Å². The molecule has 0 bridgehead atoms. The second kappa shape index (κ2) is 5.42. The van der Waals surface area contributed by atoms with E-state index in [0.29, 0.717) is 12.0 Å². The highest BCUT2D eigenvalue weighted by Crippen LogP contribution is 2.27. The van der Waals surface area contributed by atoms with Crippen LogP contribution in [0.25, 0.3) is 0 Å². The van der Waals surface area contributed by atoms with E-state index in [1.807, 2.05) is 18.2 Å². The van der Waals surface area contributed by atoms with Gasteiger partial charge in [0, 0.05) is 11.6 Å². The van der Waals surface area contributed by atoms with Gasteiger partial charge in [-0.05, 0) is 48.9 Å². The van der Waals surface area contributed by atoms with Gasteiger partial charge in [-0.2, -0.15) is 0 Å². The first kappa shape index (κ1) is 12.9. The summed E-state index contributed by atoms with van der Waals surface area (Å²) in [6.07, 6.45) is 3.45. The first-order valence-corrected chi connectivity index (χ1v) is 6.60. The average molecular weight is 247 g/mol. The quantitative estimate of drug-likeness (QED) is 0.887. The Balaban J connectivity index is 2.17. The second-order valence-corrected chi connectivity index (χ2v) is 5.21. The van der Waals surface area contributed by atoms with Gasteiger partial charge in [0.2, 0.25) is 0 Å². The van der Waals surface area contributed by atoms with E-state index in [1.54, 1.807) is 7.11 Å². The molecule has 3 heteroatoms. The van der Waals surface area contributed by atoms with Gasteiger partial charge in [-0.1, -0.05) is 13.8 Å². The van der Waals surface area contributed by atoms with Crippen LogP contribution in [0.1, 0.15) is 54.9 Å². The van der Waals surface area contributed by atoms with Gasteiger partial charge in [0.1, 0.15) is 5.75 Å². The molecule has 1 amide bonds. The predicted molar refractivity (Wildman–Crippen MR) is 72.2 cm³/mol. The lowest BCUT2D eigenvalue weighted by Gasteiger charge is -2.26. The molecule has 0 radical (unpaired) electrons. The largest absolute Gasteiger partial charge is 0.496 e. The highest BCUT2D eigenvalue weighted by atomic mass is 16.5. The maximum Gasteiger partial charge on any atom is 0.251 e. The molecule has 1 aliphatic rings. The zero-order valence-corrected chi connectivity index (χ0v) is 11.3. The minimum Gasteiger partial charge on any atom is -0.496 e. The molecule has 1 aromatic rings. The van der Waals surface area contributed by atoms with Crippen molar-refractivity contribution in [3.05, 3.63) is 29.3 Å². The normalized spacial score (nSPS) is 15.3. The summed E-state index contributed by atoms with van der Waals surface area (Å²) in [6.45, 7) is 4.21. The van der Waals surface area contributed by atoms with Crippen LogP contribution in [-0.2, 0) is 0 Å². The van der Waals surface area contributed by atoms with Crippen LogP contribution in [0.5, 0.6) is 5.75 Å². The van der Waals surface area contributed by atoms with Gasteiger partial charge in [0.25, 0.3) is 5.91 Å². The van der Waals surface area contributed by atoms with Crippen molar-refractivity contribution in [3.63, 3.8) is 0 Å². The van der Waals surface area contributed by atoms with Crippen molar-refractivity contribution >= 4 is 5.91 Å². The fourth-order valence-corrected chi connectivity index (χ4v) is 2.15. The number of hydrogen-bond acceptors (Lipinski definition) is 2. The molecule has 0 atom stereocenters. The Kier molecular flexibility index (Phi) is 3.90. The topological polar surface area (TPSA) is 38.3 Å². The third kappa shape index (κ3) is 2.66. The van der Waals surface area contributed by atoms with E-state index in [2.05, 4.69) is 19.2 Å². The number of amides is 1. The van der Waals surface area contributed by atoms with Gasteiger partial charge in [0.15, 0.2) is 0 Å². The van der Waals surface area contributed by atoms with Gasteiger partial charge in [-0.25, -0.2) is 0 Å². The fraction of sp³-hybridized carbons (Fsp3) is 0.533. The van der Waals surface area contributed by atoms with Crippen LogP contribution in [0.15, 0.2) is 18.2 Å². The monoisotopic (exact) mass is 247 g/mol. The number of carbonyl (C=O) groups excluding carboxylic acids is 1. The second-order valence-electron chi connectivity index (χ2n) is 5.21. The number of benzene rings is 1. The van der Waals surface area contributed by atoms with Crippen molar-refractivity contribution in [2.45, 2.75) is 45.1 Å². The molecule has 1 N–H and O–H groups in total. The van der Waals surface area contributed by atoms with Gasteiger partial charge in [0.05, 0.1) is 7.11 Å². The molecular formula is C15H21NO2. The predicted octanol–water partition coefficient (Wildman–Crippen LogP) is 3.10. The number of ether oxygens (including phenoxy) is 1. The lowest BCUT2D eigenvalue weighted by atomic mass is 9.92. The molecule has 0 aliphatic heterocycles. The Bertz CT molecular complexity index is 436. The summed E-state index contributed by atoms with van der Waals surface area (Å²) in [6, 6.07) is 6.03. The Hall–Kier alpha value is -1.51. The van der Waals surface area contributed by atoms with E-state index in [0.717, 1.165) is 29.7 Å². The lowest BCUT2D eigenvalue weighted by Crippen LogP contribution is -2.39. The summed E-state index contributed by atoms with van der Waals surface area (Å²) in [5.41, 5.74) is 1.81. The highest BCUT2D eigenvalue weighted by Gasteiger charge is 2.20. The van der Waals surface area contributed by atoms with Gasteiger partial charge < -0.3 is 10.1 Å². The van der Waals surface area contributed by atoms with E-state index >= 15 is 0 Å². The van der Waals surface area contributed by atoms with Crippen molar-refractivity contribution in [1.29, 1.82) is 0 Å². The molecule has 1 aliphatic carbocycles. The summed E-state index contributed by atoms with van der Waals surface area (Å²) in [7, 11) is 1.66. The van der Waals surface area contributed by atoms with Crippen molar-refractivity contribution in [3.8, 4) is 5.75 Å². The molecule has 98 valence electrons. The summed E-state index contributed by atoms with van der Waals surface area (Å²) in [5, 5.41) is 3.06. The standard InChI is InChI=1S/C15H21NO2/c1-10(2)13-9-11(7-8-14(13)18-3)15(17)16-12-5-4-6-12/h7-10,12H,4-6H2,1-3H3,(H,16,17). The van der Waals surface area contributed by atoms with Crippen molar-refractivity contribution in [2.24, 2.45) is 0 Å². The minimum absolute atomic E-state index is 0.0317. The minimum atomic E-state index is 0.0317. The van der Waals surface area contributed by atoms with Crippen molar-refractivity contribution in [2.75, 3.05) is 7.11 Å². The van der Waals surface area contributed by atoms with Crippen LogP contribution >= 0.6 is 0 Å². The first-order chi connectivity index (χ1) is 8.61. The molecule has 0 spiro atoms. The van der Waals surface area contributed by atoms with Crippen LogP contribution < -0.4 is 10.1 Å². The maximum absolute atomic E-state index is 12.1. The fourth-order valence-electron chi connectivity index (χ4n) is 2.15. The number of rotatable bonds is 4. The molecule has 0 aromatic heterocycles. The van der Waals surface area contributed by atoms with Crippen LogP contribution in [0.2, 0.25) is 0 Å². The van der Waals surface area contributed by atoms with Gasteiger partial charge >= 0.3 is 0 Å². The number of nitrogens with one attached hydrogen (secondary N) is 1. The SMILES string of the molecule is COc1ccc(C(=O)NC2CCC2)cc1C(C)C. The average Bonchev–Trinajstić information content (AvgIpc) is 2.32.